The van der Waals surface area contributed by atoms with Crippen LogP contribution in [0.5, 0.6) is 0 Å². The van der Waals surface area contributed by atoms with Gasteiger partial charge in [0.1, 0.15) is 10.0 Å². The first-order valence-corrected chi connectivity index (χ1v) is 7.15. The second-order valence-electron chi connectivity index (χ2n) is 3.93. The summed E-state index contributed by atoms with van der Waals surface area (Å²) in [4.78, 5) is 0. The maximum Gasteiger partial charge on any atom is 0.148 e. The summed E-state index contributed by atoms with van der Waals surface area (Å²) >= 11 is 13.5. The van der Waals surface area contributed by atoms with Gasteiger partial charge in [-0.05, 0) is 24.3 Å². The van der Waals surface area contributed by atoms with Gasteiger partial charge in [-0.25, -0.2) is 0 Å². The Balaban J connectivity index is 2.00. The second kappa shape index (κ2) is 5.29. The molecule has 1 heterocycles. The van der Waals surface area contributed by atoms with E-state index >= 15 is 0 Å². The van der Waals surface area contributed by atoms with Crippen LogP contribution in [0.1, 0.15) is 0 Å². The second-order valence-corrected chi connectivity index (χ2v) is 5.78. The molecule has 0 radical (unpaired) electrons. The maximum atomic E-state index is 5.98. The molecule has 3 rings (SSSR count). The minimum absolute atomic E-state index is 0.692. The Hall–Kier alpha value is -1.42. The summed E-state index contributed by atoms with van der Waals surface area (Å²) in [7, 11) is 0. The van der Waals surface area contributed by atoms with Gasteiger partial charge in [0, 0.05) is 21.2 Å². The fraction of sp³-hybridized carbons (Fsp3) is 0. The average Bonchev–Trinajstić information content (AvgIpc) is 2.88. The van der Waals surface area contributed by atoms with Crippen LogP contribution >= 0.6 is 34.5 Å². The molecule has 0 N–H and O–H groups in total. The highest BCUT2D eigenvalue weighted by molar-refractivity contribution is 7.17. The molecule has 0 aliphatic carbocycles. The summed E-state index contributed by atoms with van der Waals surface area (Å²) in [6.07, 6.45) is 0. The maximum absolute atomic E-state index is 5.98. The molecule has 5 heteroatoms. The quantitative estimate of drug-likeness (QED) is 0.652. The highest BCUT2D eigenvalue weighted by Crippen LogP contribution is 2.31. The van der Waals surface area contributed by atoms with Crippen molar-refractivity contribution in [3.05, 3.63) is 58.6 Å². The molecule has 0 aliphatic heterocycles. The van der Waals surface area contributed by atoms with E-state index in [2.05, 4.69) is 10.2 Å². The van der Waals surface area contributed by atoms with E-state index in [0.717, 1.165) is 21.1 Å². The molecule has 0 bridgehead atoms. The van der Waals surface area contributed by atoms with Gasteiger partial charge in [-0.15, -0.1) is 10.2 Å². The Bertz CT molecular complexity index is 665. The van der Waals surface area contributed by atoms with Gasteiger partial charge in [0.05, 0.1) is 0 Å². The van der Waals surface area contributed by atoms with Crippen molar-refractivity contribution in [2.24, 2.45) is 0 Å². The van der Waals surface area contributed by atoms with E-state index in [-0.39, 0.29) is 0 Å². The molecule has 94 valence electrons. The van der Waals surface area contributed by atoms with Crippen LogP contribution in [0.3, 0.4) is 0 Å². The summed E-state index contributed by atoms with van der Waals surface area (Å²) in [5, 5.41) is 11.5. The molecule has 0 unspecified atom stereocenters. The Kier molecular flexibility index (Phi) is 3.51. The van der Waals surface area contributed by atoms with Crippen LogP contribution in [-0.2, 0) is 0 Å². The number of halogens is 2. The van der Waals surface area contributed by atoms with Crippen LogP contribution in [-0.4, -0.2) is 10.2 Å². The largest absolute Gasteiger partial charge is 0.148 e. The molecule has 0 aliphatic rings. The zero-order valence-corrected chi connectivity index (χ0v) is 12.0. The van der Waals surface area contributed by atoms with Gasteiger partial charge in [0.2, 0.25) is 0 Å². The average molecular weight is 307 g/mol. The number of benzene rings is 2. The number of aromatic nitrogens is 2. The van der Waals surface area contributed by atoms with Gasteiger partial charge in [0.15, 0.2) is 0 Å². The lowest BCUT2D eigenvalue weighted by Crippen LogP contribution is -1.77. The third-order valence-electron chi connectivity index (χ3n) is 2.57. The highest BCUT2D eigenvalue weighted by atomic mass is 35.5. The van der Waals surface area contributed by atoms with Gasteiger partial charge in [-0.2, -0.15) is 0 Å². The van der Waals surface area contributed by atoms with Crippen molar-refractivity contribution in [1.82, 2.24) is 10.2 Å². The van der Waals surface area contributed by atoms with Crippen LogP contribution in [0.25, 0.3) is 21.1 Å². The predicted molar refractivity (Wildman–Crippen MR) is 80.8 cm³/mol. The molecule has 0 fully saturated rings. The molecule has 0 saturated heterocycles. The Morgan fingerprint density at radius 1 is 0.737 bits per heavy atom. The molecule has 2 nitrogen and oxygen atoms in total. The molecule has 19 heavy (non-hydrogen) atoms. The first kappa shape index (κ1) is 12.6. The summed E-state index contributed by atoms with van der Waals surface area (Å²) in [5.41, 5.74) is 1.94. The van der Waals surface area contributed by atoms with Crippen LogP contribution in [0.15, 0.2) is 48.5 Å². The first-order chi connectivity index (χ1) is 9.22. The van der Waals surface area contributed by atoms with Crippen molar-refractivity contribution in [2.45, 2.75) is 0 Å². The van der Waals surface area contributed by atoms with Gasteiger partial charge in [-0.3, -0.25) is 0 Å². The molecule has 1 aromatic heterocycles. The normalized spacial score (nSPS) is 10.6. The van der Waals surface area contributed by atoms with E-state index < -0.39 is 0 Å². The standard InChI is InChI=1S/C14H8Cl2N2S/c15-11-5-1-3-9(7-11)13-17-18-14(19-13)10-4-2-6-12(16)8-10/h1-8H. The number of rotatable bonds is 2. The van der Waals surface area contributed by atoms with Gasteiger partial charge in [0.25, 0.3) is 0 Å². The lowest BCUT2D eigenvalue weighted by molar-refractivity contribution is 1.10. The molecule has 0 atom stereocenters. The summed E-state index contributed by atoms with van der Waals surface area (Å²) in [6, 6.07) is 15.2. The highest BCUT2D eigenvalue weighted by Gasteiger charge is 2.09. The molecular formula is C14H8Cl2N2S. The van der Waals surface area contributed by atoms with Crippen molar-refractivity contribution in [3.63, 3.8) is 0 Å². The molecular weight excluding hydrogens is 299 g/mol. The van der Waals surface area contributed by atoms with Crippen molar-refractivity contribution < 1.29 is 0 Å². The smallest absolute Gasteiger partial charge is 0.138 e. The van der Waals surface area contributed by atoms with E-state index in [0.29, 0.717) is 10.0 Å². The minimum Gasteiger partial charge on any atom is -0.138 e. The van der Waals surface area contributed by atoms with Crippen LogP contribution < -0.4 is 0 Å². The molecule has 0 amide bonds. The van der Waals surface area contributed by atoms with Crippen LogP contribution in [0, 0.1) is 0 Å². The minimum atomic E-state index is 0.692. The topological polar surface area (TPSA) is 25.8 Å². The molecule has 0 spiro atoms. The van der Waals surface area contributed by atoms with Gasteiger partial charge in [-0.1, -0.05) is 58.8 Å². The molecule has 0 saturated carbocycles. The third-order valence-corrected chi connectivity index (χ3v) is 4.06. The van der Waals surface area contributed by atoms with E-state index in [1.165, 1.54) is 11.3 Å². The first-order valence-electron chi connectivity index (χ1n) is 5.58. The number of nitrogens with zero attached hydrogens (tertiary/aromatic N) is 2. The zero-order valence-electron chi connectivity index (χ0n) is 9.68. The fourth-order valence-electron chi connectivity index (χ4n) is 1.70. The number of hydrogen-bond donors (Lipinski definition) is 0. The van der Waals surface area contributed by atoms with Crippen molar-refractivity contribution in [1.29, 1.82) is 0 Å². The van der Waals surface area contributed by atoms with Crippen molar-refractivity contribution in [3.8, 4) is 21.1 Å². The van der Waals surface area contributed by atoms with E-state index in [1.54, 1.807) is 0 Å². The third kappa shape index (κ3) is 2.78. The summed E-state index contributed by atoms with van der Waals surface area (Å²) in [5.74, 6) is 0. The zero-order chi connectivity index (χ0) is 13.2. The summed E-state index contributed by atoms with van der Waals surface area (Å²) < 4.78 is 0. The Labute approximate surface area is 124 Å². The number of hydrogen-bond acceptors (Lipinski definition) is 3. The molecule has 2 aromatic carbocycles. The van der Waals surface area contributed by atoms with Gasteiger partial charge < -0.3 is 0 Å². The lowest BCUT2D eigenvalue weighted by atomic mass is 10.2. The fourth-order valence-corrected chi connectivity index (χ4v) is 2.92. The van der Waals surface area contributed by atoms with Crippen LogP contribution in [0.4, 0.5) is 0 Å². The summed E-state index contributed by atoms with van der Waals surface area (Å²) in [6.45, 7) is 0. The van der Waals surface area contributed by atoms with Crippen molar-refractivity contribution in [2.75, 3.05) is 0 Å². The van der Waals surface area contributed by atoms with Gasteiger partial charge >= 0.3 is 0 Å². The van der Waals surface area contributed by atoms with E-state index in [4.69, 9.17) is 23.2 Å². The van der Waals surface area contributed by atoms with Crippen LogP contribution in [0.2, 0.25) is 10.0 Å². The lowest BCUT2D eigenvalue weighted by Gasteiger charge is -1.96. The predicted octanol–water partition coefficient (Wildman–Crippen LogP) is 5.18. The molecule has 3 aromatic rings. The van der Waals surface area contributed by atoms with Crippen molar-refractivity contribution >= 4 is 34.5 Å². The Morgan fingerprint density at radius 3 is 1.63 bits per heavy atom. The van der Waals surface area contributed by atoms with E-state index in [1.807, 2.05) is 48.5 Å². The SMILES string of the molecule is Clc1cccc(-c2nnc(-c3cccc(Cl)c3)s2)c1. The monoisotopic (exact) mass is 306 g/mol. The van der Waals surface area contributed by atoms with E-state index in [9.17, 15) is 0 Å². The Morgan fingerprint density at radius 2 is 1.21 bits per heavy atom.